The van der Waals surface area contributed by atoms with E-state index < -0.39 is 0 Å². The van der Waals surface area contributed by atoms with Crippen molar-refractivity contribution in [2.75, 3.05) is 6.54 Å². The van der Waals surface area contributed by atoms with Gasteiger partial charge in [0.25, 0.3) is 0 Å². The van der Waals surface area contributed by atoms with Crippen molar-refractivity contribution in [1.29, 1.82) is 0 Å². The van der Waals surface area contributed by atoms with Gasteiger partial charge >= 0.3 is 0 Å². The lowest BCUT2D eigenvalue weighted by Gasteiger charge is -2.22. The maximum atomic E-state index is 11.5. The molecule has 0 spiro atoms. The van der Waals surface area contributed by atoms with E-state index in [9.17, 15) is 9.59 Å². The van der Waals surface area contributed by atoms with Gasteiger partial charge < -0.3 is 5.32 Å². The van der Waals surface area contributed by atoms with Gasteiger partial charge in [-0.3, -0.25) is 9.59 Å². The second kappa shape index (κ2) is 5.57. The number of carbonyl (C=O) groups excluding carboxylic acids is 2. The largest absolute Gasteiger partial charge is 0.348 e. The molecule has 0 heterocycles. The summed E-state index contributed by atoms with van der Waals surface area (Å²) in [4.78, 5) is 22.1. The van der Waals surface area contributed by atoms with E-state index in [1.165, 1.54) is 0 Å². The summed E-state index contributed by atoms with van der Waals surface area (Å²) < 4.78 is -0.0433. The van der Waals surface area contributed by atoms with Crippen LogP contribution < -0.4 is 5.32 Å². The van der Waals surface area contributed by atoms with Crippen LogP contribution in [0.15, 0.2) is 0 Å². The third-order valence-electron chi connectivity index (χ3n) is 1.88. The maximum Gasteiger partial charge on any atom is 0.226 e. The molecular formula is C9H16INO2. The lowest BCUT2D eigenvalue weighted by atomic mass is 9.87. The van der Waals surface area contributed by atoms with Crippen molar-refractivity contribution in [2.45, 2.75) is 33.6 Å². The van der Waals surface area contributed by atoms with Crippen molar-refractivity contribution in [3.05, 3.63) is 0 Å². The number of amides is 1. The molecule has 0 saturated heterocycles. The average Bonchev–Trinajstić information content (AvgIpc) is 1.99. The predicted octanol–water partition coefficient (Wildman–Crippen LogP) is 1.89. The third-order valence-corrected chi connectivity index (χ3v) is 2.26. The van der Waals surface area contributed by atoms with Gasteiger partial charge in [0.2, 0.25) is 9.70 Å². The molecule has 0 aliphatic heterocycles. The summed E-state index contributed by atoms with van der Waals surface area (Å²) in [6.45, 7) is 5.96. The number of carbonyl (C=O) groups is 2. The first-order chi connectivity index (χ1) is 5.90. The van der Waals surface area contributed by atoms with E-state index in [0.29, 0.717) is 0 Å². The van der Waals surface area contributed by atoms with Crippen LogP contribution in [0.3, 0.4) is 0 Å². The molecule has 0 unspecified atom stereocenters. The first-order valence-electron chi connectivity index (χ1n) is 4.36. The van der Waals surface area contributed by atoms with E-state index in [1.807, 2.05) is 20.8 Å². The molecule has 0 aromatic carbocycles. The Kier molecular flexibility index (Phi) is 5.51. The lowest BCUT2D eigenvalue weighted by molar-refractivity contribution is -0.130. The van der Waals surface area contributed by atoms with Crippen molar-refractivity contribution in [2.24, 2.45) is 5.41 Å². The van der Waals surface area contributed by atoms with Crippen LogP contribution in [0.5, 0.6) is 0 Å². The zero-order valence-electron chi connectivity index (χ0n) is 8.32. The lowest BCUT2D eigenvalue weighted by Crippen LogP contribution is -2.38. The van der Waals surface area contributed by atoms with Crippen LogP contribution >= 0.6 is 22.6 Å². The smallest absolute Gasteiger partial charge is 0.226 e. The molecule has 0 saturated carbocycles. The molecule has 3 nitrogen and oxygen atoms in total. The van der Waals surface area contributed by atoms with Crippen LogP contribution in [-0.2, 0) is 9.59 Å². The summed E-state index contributed by atoms with van der Waals surface area (Å²) in [5.41, 5.74) is -0.360. The first-order valence-corrected chi connectivity index (χ1v) is 5.44. The van der Waals surface area contributed by atoms with E-state index in [1.54, 1.807) is 22.6 Å². The topological polar surface area (TPSA) is 46.2 Å². The number of halogens is 1. The van der Waals surface area contributed by atoms with Crippen molar-refractivity contribution in [3.63, 3.8) is 0 Å². The minimum absolute atomic E-state index is 0.0423. The number of hydrogen-bond acceptors (Lipinski definition) is 2. The van der Waals surface area contributed by atoms with Gasteiger partial charge in [0.15, 0.2) is 0 Å². The van der Waals surface area contributed by atoms with Gasteiger partial charge in [-0.05, 0) is 6.42 Å². The third kappa shape index (κ3) is 5.23. The minimum atomic E-state index is -0.360. The highest BCUT2D eigenvalue weighted by molar-refractivity contribution is 14.1. The highest BCUT2D eigenvalue weighted by Gasteiger charge is 2.26. The van der Waals surface area contributed by atoms with Gasteiger partial charge in [-0.25, -0.2) is 0 Å². The van der Waals surface area contributed by atoms with Gasteiger partial charge in [-0.15, -0.1) is 0 Å². The normalized spacial score (nSPS) is 11.1. The first kappa shape index (κ1) is 12.9. The van der Waals surface area contributed by atoms with Crippen LogP contribution in [0, 0.1) is 5.41 Å². The Morgan fingerprint density at radius 3 is 2.31 bits per heavy atom. The Hall–Kier alpha value is -0.130. The molecule has 13 heavy (non-hydrogen) atoms. The molecule has 0 atom stereocenters. The summed E-state index contributed by atoms with van der Waals surface area (Å²) in [6, 6.07) is 0. The SMILES string of the molecule is CCCC(C)(C)C(=O)NCC(=O)I. The van der Waals surface area contributed by atoms with Crippen LogP contribution in [0.1, 0.15) is 33.6 Å². The van der Waals surface area contributed by atoms with Crippen LogP contribution in [-0.4, -0.2) is 16.2 Å². The molecule has 1 amide bonds. The van der Waals surface area contributed by atoms with Crippen molar-refractivity contribution >= 4 is 32.3 Å². The number of rotatable bonds is 5. The highest BCUT2D eigenvalue weighted by Crippen LogP contribution is 2.21. The zero-order chi connectivity index (χ0) is 10.5. The van der Waals surface area contributed by atoms with Crippen molar-refractivity contribution < 1.29 is 9.59 Å². The Morgan fingerprint density at radius 2 is 1.92 bits per heavy atom. The summed E-state index contributed by atoms with van der Waals surface area (Å²) >= 11 is 1.67. The molecule has 0 aromatic heterocycles. The second-order valence-corrected chi connectivity index (χ2v) is 4.87. The van der Waals surface area contributed by atoms with Crippen LogP contribution in [0.25, 0.3) is 0 Å². The molecular weight excluding hydrogens is 281 g/mol. The fourth-order valence-electron chi connectivity index (χ4n) is 1.13. The van der Waals surface area contributed by atoms with Gasteiger partial charge in [0, 0.05) is 28.0 Å². The Morgan fingerprint density at radius 1 is 1.38 bits per heavy atom. The molecule has 0 fully saturated rings. The van der Waals surface area contributed by atoms with E-state index in [0.717, 1.165) is 12.8 Å². The molecule has 0 aromatic rings. The molecule has 0 aliphatic carbocycles. The summed E-state index contributed by atoms with van der Waals surface area (Å²) in [5, 5.41) is 2.61. The Bertz CT molecular complexity index is 202. The number of hydrogen-bond donors (Lipinski definition) is 1. The van der Waals surface area contributed by atoms with Crippen molar-refractivity contribution in [1.82, 2.24) is 5.32 Å². The standard InChI is InChI=1S/C9H16INO2/c1-4-5-9(2,3)8(13)11-6-7(10)12/h4-6H2,1-3H3,(H,11,13). The van der Waals surface area contributed by atoms with E-state index >= 15 is 0 Å². The van der Waals surface area contributed by atoms with Gasteiger partial charge in [0.05, 0.1) is 6.54 Å². The van der Waals surface area contributed by atoms with Crippen LogP contribution in [0.4, 0.5) is 0 Å². The van der Waals surface area contributed by atoms with E-state index in [4.69, 9.17) is 0 Å². The van der Waals surface area contributed by atoms with Gasteiger partial charge in [-0.1, -0.05) is 27.2 Å². The molecule has 0 bridgehead atoms. The van der Waals surface area contributed by atoms with Gasteiger partial charge in [0.1, 0.15) is 0 Å². The maximum absolute atomic E-state index is 11.5. The van der Waals surface area contributed by atoms with E-state index in [-0.39, 0.29) is 21.7 Å². The molecule has 1 N–H and O–H groups in total. The quantitative estimate of drug-likeness (QED) is 0.622. The number of nitrogens with one attached hydrogen (secondary N) is 1. The van der Waals surface area contributed by atoms with Crippen LogP contribution in [0.2, 0.25) is 0 Å². The van der Waals surface area contributed by atoms with Crippen molar-refractivity contribution in [3.8, 4) is 0 Å². The fourth-order valence-corrected chi connectivity index (χ4v) is 1.32. The second-order valence-electron chi connectivity index (χ2n) is 3.67. The predicted molar refractivity (Wildman–Crippen MR) is 60.7 cm³/mol. The summed E-state index contributed by atoms with van der Waals surface area (Å²) in [5.74, 6) is -0.0423. The monoisotopic (exact) mass is 297 g/mol. The minimum Gasteiger partial charge on any atom is -0.348 e. The highest BCUT2D eigenvalue weighted by atomic mass is 127. The molecule has 4 heteroatoms. The molecule has 0 aliphatic rings. The fraction of sp³-hybridized carbons (Fsp3) is 0.778. The zero-order valence-corrected chi connectivity index (χ0v) is 10.5. The average molecular weight is 297 g/mol. The van der Waals surface area contributed by atoms with Gasteiger partial charge in [-0.2, -0.15) is 0 Å². The molecule has 0 rings (SSSR count). The Labute approximate surface area is 92.8 Å². The Balaban J connectivity index is 4.01. The summed E-state index contributed by atoms with van der Waals surface area (Å²) in [6.07, 6.45) is 1.81. The summed E-state index contributed by atoms with van der Waals surface area (Å²) in [7, 11) is 0. The van der Waals surface area contributed by atoms with E-state index in [2.05, 4.69) is 5.32 Å². The molecule has 0 radical (unpaired) electrons. The molecule has 76 valence electrons.